The van der Waals surface area contributed by atoms with Crippen molar-refractivity contribution >= 4 is 5.91 Å². The lowest BCUT2D eigenvalue weighted by atomic mass is 9.94. The van der Waals surface area contributed by atoms with Gasteiger partial charge in [0.05, 0.1) is 0 Å². The zero-order valence-electron chi connectivity index (χ0n) is 12.4. The van der Waals surface area contributed by atoms with Gasteiger partial charge in [0.15, 0.2) is 0 Å². The SMILES string of the molecule is O=C(NC1CC1)C(c1ccccc1)N1CCC(CO)CC1. The zero-order chi connectivity index (χ0) is 14.7. The van der Waals surface area contributed by atoms with Crippen LogP contribution in [0.1, 0.15) is 37.3 Å². The van der Waals surface area contributed by atoms with Crippen LogP contribution in [0.4, 0.5) is 0 Å². The average molecular weight is 288 g/mol. The summed E-state index contributed by atoms with van der Waals surface area (Å²) < 4.78 is 0. The second-order valence-electron chi connectivity index (χ2n) is 6.26. The lowest BCUT2D eigenvalue weighted by Crippen LogP contribution is -2.45. The molecule has 1 heterocycles. The molecule has 4 nitrogen and oxygen atoms in total. The van der Waals surface area contributed by atoms with Gasteiger partial charge in [-0.15, -0.1) is 0 Å². The molecule has 1 aliphatic carbocycles. The first-order valence-electron chi connectivity index (χ1n) is 7.98. The minimum absolute atomic E-state index is 0.131. The van der Waals surface area contributed by atoms with E-state index >= 15 is 0 Å². The molecule has 4 heteroatoms. The van der Waals surface area contributed by atoms with E-state index in [1.807, 2.05) is 30.3 Å². The van der Waals surface area contributed by atoms with Gasteiger partial charge >= 0.3 is 0 Å². The summed E-state index contributed by atoms with van der Waals surface area (Å²) in [5.41, 5.74) is 1.07. The summed E-state index contributed by atoms with van der Waals surface area (Å²) in [6.45, 7) is 2.02. The van der Waals surface area contributed by atoms with Gasteiger partial charge in [0.25, 0.3) is 0 Å². The number of carbonyl (C=O) groups is 1. The summed E-state index contributed by atoms with van der Waals surface area (Å²) >= 11 is 0. The van der Waals surface area contributed by atoms with Crippen molar-refractivity contribution in [1.29, 1.82) is 0 Å². The van der Waals surface area contributed by atoms with E-state index in [1.165, 1.54) is 0 Å². The van der Waals surface area contributed by atoms with Gasteiger partial charge in [-0.2, -0.15) is 0 Å². The van der Waals surface area contributed by atoms with E-state index in [4.69, 9.17) is 0 Å². The molecule has 0 bridgehead atoms. The third-order valence-electron chi connectivity index (χ3n) is 4.56. The number of nitrogens with one attached hydrogen (secondary N) is 1. The average Bonchev–Trinajstić information content (AvgIpc) is 3.33. The van der Waals surface area contributed by atoms with Crippen molar-refractivity contribution in [2.45, 2.75) is 37.8 Å². The maximum Gasteiger partial charge on any atom is 0.242 e. The number of amides is 1. The number of aliphatic hydroxyl groups excluding tert-OH is 1. The number of hydrogen-bond acceptors (Lipinski definition) is 3. The second kappa shape index (κ2) is 6.58. The number of benzene rings is 1. The Balaban J connectivity index is 1.74. The van der Waals surface area contributed by atoms with E-state index < -0.39 is 0 Å². The molecule has 0 aromatic heterocycles. The predicted octanol–water partition coefficient (Wildman–Crippen LogP) is 1.71. The molecule has 1 saturated heterocycles. The van der Waals surface area contributed by atoms with Gasteiger partial charge in [0.1, 0.15) is 6.04 Å². The van der Waals surface area contributed by atoms with Gasteiger partial charge < -0.3 is 10.4 Å². The topological polar surface area (TPSA) is 52.6 Å². The lowest BCUT2D eigenvalue weighted by Gasteiger charge is -2.36. The maximum absolute atomic E-state index is 12.6. The Kier molecular flexibility index (Phi) is 4.56. The fraction of sp³-hybridized carbons (Fsp3) is 0.588. The minimum atomic E-state index is -0.188. The Morgan fingerprint density at radius 1 is 1.19 bits per heavy atom. The van der Waals surface area contributed by atoms with Crippen molar-refractivity contribution in [3.05, 3.63) is 35.9 Å². The van der Waals surface area contributed by atoms with E-state index in [0.717, 1.165) is 44.3 Å². The molecule has 0 radical (unpaired) electrons. The summed E-state index contributed by atoms with van der Waals surface area (Å²) in [6.07, 6.45) is 4.16. The van der Waals surface area contributed by atoms with Crippen molar-refractivity contribution in [1.82, 2.24) is 10.2 Å². The Morgan fingerprint density at radius 2 is 1.86 bits per heavy atom. The standard InChI is InChI=1S/C17H24N2O2/c20-12-13-8-10-19(11-9-13)16(14-4-2-1-3-5-14)17(21)18-15-6-7-15/h1-5,13,15-16,20H,6-12H2,(H,18,21). The Morgan fingerprint density at radius 3 is 2.43 bits per heavy atom. The molecule has 0 spiro atoms. The van der Waals surface area contributed by atoms with Crippen molar-refractivity contribution in [3.8, 4) is 0 Å². The highest BCUT2D eigenvalue weighted by atomic mass is 16.3. The van der Waals surface area contributed by atoms with Crippen LogP contribution in [0.15, 0.2) is 30.3 Å². The molecule has 1 aromatic carbocycles. The molecule has 21 heavy (non-hydrogen) atoms. The Hall–Kier alpha value is -1.39. The third kappa shape index (κ3) is 3.63. The van der Waals surface area contributed by atoms with E-state index in [0.29, 0.717) is 12.0 Å². The third-order valence-corrected chi connectivity index (χ3v) is 4.56. The Bertz CT molecular complexity index is 465. The van der Waals surface area contributed by atoms with Gasteiger partial charge in [-0.3, -0.25) is 9.69 Å². The molecule has 2 aliphatic rings. The number of rotatable bonds is 5. The fourth-order valence-electron chi connectivity index (χ4n) is 3.06. The summed E-state index contributed by atoms with van der Waals surface area (Å²) in [6, 6.07) is 10.2. The van der Waals surface area contributed by atoms with Gasteiger partial charge in [-0.25, -0.2) is 0 Å². The quantitative estimate of drug-likeness (QED) is 0.867. The van der Waals surface area contributed by atoms with Gasteiger partial charge in [0, 0.05) is 12.6 Å². The number of piperidine rings is 1. The van der Waals surface area contributed by atoms with Crippen LogP contribution in [0.3, 0.4) is 0 Å². The normalized spacial score (nSPS) is 22.0. The molecule has 1 saturated carbocycles. The highest BCUT2D eigenvalue weighted by Crippen LogP contribution is 2.28. The summed E-state index contributed by atoms with van der Waals surface area (Å²) in [5.74, 6) is 0.523. The van der Waals surface area contributed by atoms with Crippen LogP contribution < -0.4 is 5.32 Å². The molecule has 1 atom stereocenters. The second-order valence-corrected chi connectivity index (χ2v) is 6.26. The number of nitrogens with zero attached hydrogens (tertiary/aromatic N) is 1. The van der Waals surface area contributed by atoms with Gasteiger partial charge in [-0.05, 0) is 50.3 Å². The number of aliphatic hydroxyl groups is 1. The van der Waals surface area contributed by atoms with Crippen molar-refractivity contribution in [2.75, 3.05) is 19.7 Å². The number of hydrogen-bond donors (Lipinski definition) is 2. The molecule has 1 aromatic rings. The summed E-state index contributed by atoms with van der Waals surface area (Å²) in [4.78, 5) is 14.9. The summed E-state index contributed by atoms with van der Waals surface area (Å²) in [5, 5.41) is 12.4. The molecule has 2 N–H and O–H groups in total. The molecule has 1 unspecified atom stereocenters. The van der Waals surface area contributed by atoms with Gasteiger partial charge in [-0.1, -0.05) is 30.3 Å². The molecule has 1 amide bonds. The fourth-order valence-corrected chi connectivity index (χ4v) is 3.06. The maximum atomic E-state index is 12.6. The molecule has 114 valence electrons. The highest BCUT2D eigenvalue weighted by Gasteiger charge is 2.33. The van der Waals surface area contributed by atoms with Crippen LogP contribution in [-0.2, 0) is 4.79 Å². The van der Waals surface area contributed by atoms with Gasteiger partial charge in [0.2, 0.25) is 5.91 Å². The van der Waals surface area contributed by atoms with E-state index in [1.54, 1.807) is 0 Å². The van der Waals surface area contributed by atoms with Crippen LogP contribution in [0, 0.1) is 5.92 Å². The smallest absolute Gasteiger partial charge is 0.242 e. The highest BCUT2D eigenvalue weighted by molar-refractivity contribution is 5.83. The predicted molar refractivity (Wildman–Crippen MR) is 81.7 cm³/mol. The van der Waals surface area contributed by atoms with Crippen molar-refractivity contribution in [2.24, 2.45) is 5.92 Å². The minimum Gasteiger partial charge on any atom is -0.396 e. The first-order valence-corrected chi connectivity index (χ1v) is 7.98. The van der Waals surface area contributed by atoms with Crippen LogP contribution in [0.2, 0.25) is 0 Å². The first-order chi connectivity index (χ1) is 10.3. The van der Waals surface area contributed by atoms with Crippen molar-refractivity contribution in [3.63, 3.8) is 0 Å². The first kappa shape index (κ1) is 14.5. The van der Waals surface area contributed by atoms with Crippen LogP contribution in [0.5, 0.6) is 0 Å². The van der Waals surface area contributed by atoms with E-state index in [2.05, 4.69) is 10.2 Å². The van der Waals surface area contributed by atoms with E-state index in [9.17, 15) is 9.90 Å². The van der Waals surface area contributed by atoms with Crippen molar-refractivity contribution < 1.29 is 9.90 Å². The van der Waals surface area contributed by atoms with Crippen LogP contribution >= 0.6 is 0 Å². The number of carbonyl (C=O) groups excluding carboxylic acids is 1. The van der Waals surface area contributed by atoms with Crippen LogP contribution in [-0.4, -0.2) is 41.7 Å². The largest absolute Gasteiger partial charge is 0.396 e. The summed E-state index contributed by atoms with van der Waals surface area (Å²) in [7, 11) is 0. The Labute approximate surface area is 126 Å². The molecule has 3 rings (SSSR count). The molecule has 1 aliphatic heterocycles. The monoisotopic (exact) mass is 288 g/mol. The molecule has 2 fully saturated rings. The zero-order valence-corrected chi connectivity index (χ0v) is 12.4. The lowest BCUT2D eigenvalue weighted by molar-refractivity contribution is -0.127. The molecular weight excluding hydrogens is 264 g/mol. The number of likely N-dealkylation sites (tertiary alicyclic amines) is 1. The molecular formula is C17H24N2O2. The van der Waals surface area contributed by atoms with Crippen LogP contribution in [0.25, 0.3) is 0 Å². The van der Waals surface area contributed by atoms with E-state index in [-0.39, 0.29) is 18.6 Å².